The summed E-state index contributed by atoms with van der Waals surface area (Å²) in [4.78, 5) is 25.0. The fraction of sp³-hybridized carbons (Fsp3) is 0.526. The smallest absolute Gasteiger partial charge is 0.410 e. The lowest BCUT2D eigenvalue weighted by molar-refractivity contribution is 0.0284. The lowest BCUT2D eigenvalue weighted by Gasteiger charge is -2.28. The number of hydrogen-bond acceptors (Lipinski definition) is 5. The fourth-order valence-corrected chi connectivity index (χ4v) is 4.14. The van der Waals surface area contributed by atoms with Crippen molar-refractivity contribution < 1.29 is 9.53 Å². The van der Waals surface area contributed by atoms with Crippen LogP contribution >= 0.6 is 11.6 Å². The Morgan fingerprint density at radius 2 is 2.08 bits per heavy atom. The first-order valence-corrected chi connectivity index (χ1v) is 9.34. The van der Waals surface area contributed by atoms with Crippen LogP contribution in [0.2, 0.25) is 5.15 Å². The molecule has 0 N–H and O–H groups in total. The van der Waals surface area contributed by atoms with Gasteiger partial charge < -0.3 is 14.5 Å². The average molecular weight is 375 g/mol. The number of halogens is 1. The van der Waals surface area contributed by atoms with Crippen LogP contribution in [0.4, 0.5) is 10.5 Å². The van der Waals surface area contributed by atoms with Crippen molar-refractivity contribution in [1.82, 2.24) is 14.9 Å². The van der Waals surface area contributed by atoms with E-state index in [1.807, 2.05) is 31.7 Å². The molecular weight excluding hydrogens is 352 g/mol. The van der Waals surface area contributed by atoms with Gasteiger partial charge >= 0.3 is 6.09 Å². The van der Waals surface area contributed by atoms with Crippen LogP contribution in [0.1, 0.15) is 27.2 Å². The van der Waals surface area contributed by atoms with Gasteiger partial charge in [0.15, 0.2) is 0 Å². The number of hydrogen-bond donors (Lipinski definition) is 0. The first-order chi connectivity index (χ1) is 12.3. The van der Waals surface area contributed by atoms with E-state index in [0.29, 0.717) is 23.7 Å². The highest BCUT2D eigenvalue weighted by Gasteiger charge is 2.44. The minimum absolute atomic E-state index is 0.221. The van der Waals surface area contributed by atoms with Crippen molar-refractivity contribution in [3.8, 4) is 0 Å². The number of nitrogens with zero attached hydrogens (tertiary/aromatic N) is 4. The Bertz CT molecular complexity index is 851. The van der Waals surface area contributed by atoms with E-state index >= 15 is 0 Å². The van der Waals surface area contributed by atoms with Gasteiger partial charge in [-0.1, -0.05) is 11.6 Å². The van der Waals surface area contributed by atoms with Crippen LogP contribution < -0.4 is 4.90 Å². The summed E-state index contributed by atoms with van der Waals surface area (Å²) in [6.07, 6.45) is 2.33. The lowest BCUT2D eigenvalue weighted by Crippen LogP contribution is -2.39. The van der Waals surface area contributed by atoms with Gasteiger partial charge in [-0.3, -0.25) is 0 Å². The largest absolute Gasteiger partial charge is 0.444 e. The Hall–Kier alpha value is -2.08. The maximum Gasteiger partial charge on any atom is 0.410 e. The number of amides is 1. The zero-order valence-corrected chi connectivity index (χ0v) is 16.0. The number of carbonyl (C=O) groups excluding carboxylic acids is 1. The second-order valence-corrected chi connectivity index (χ2v) is 8.42. The zero-order chi connectivity index (χ0) is 18.5. The molecule has 7 heteroatoms. The molecule has 0 bridgehead atoms. The molecule has 2 aromatic rings. The first-order valence-electron chi connectivity index (χ1n) is 8.97. The first kappa shape index (κ1) is 17.3. The maximum atomic E-state index is 12.4. The molecule has 0 aliphatic carbocycles. The highest BCUT2D eigenvalue weighted by atomic mass is 35.5. The molecule has 1 amide bonds. The van der Waals surface area contributed by atoms with Crippen molar-refractivity contribution in [2.24, 2.45) is 5.92 Å². The van der Waals surface area contributed by atoms with Crippen LogP contribution in [-0.4, -0.2) is 52.2 Å². The Morgan fingerprint density at radius 3 is 2.85 bits per heavy atom. The predicted molar refractivity (Wildman–Crippen MR) is 102 cm³/mol. The van der Waals surface area contributed by atoms with E-state index in [9.17, 15) is 4.79 Å². The van der Waals surface area contributed by atoms with E-state index in [4.69, 9.17) is 16.3 Å². The molecular formula is C19H23ClN4O2. The van der Waals surface area contributed by atoms with Gasteiger partial charge in [-0.2, -0.15) is 0 Å². The lowest BCUT2D eigenvalue weighted by atomic mass is 10.0. The molecule has 3 heterocycles. The van der Waals surface area contributed by atoms with Gasteiger partial charge in [0.1, 0.15) is 17.1 Å². The van der Waals surface area contributed by atoms with Gasteiger partial charge in [-0.15, -0.1) is 0 Å². The quantitative estimate of drug-likeness (QED) is 0.712. The van der Waals surface area contributed by atoms with Gasteiger partial charge in [0.25, 0.3) is 0 Å². The molecule has 4 rings (SSSR count). The summed E-state index contributed by atoms with van der Waals surface area (Å²) in [5, 5.41) is 1.33. The molecule has 0 saturated carbocycles. The van der Waals surface area contributed by atoms with Crippen LogP contribution in [0, 0.1) is 5.92 Å². The van der Waals surface area contributed by atoms with E-state index in [1.165, 1.54) is 6.33 Å². The average Bonchev–Trinajstić information content (AvgIpc) is 3.14. The molecule has 0 spiro atoms. The Balaban J connectivity index is 1.55. The van der Waals surface area contributed by atoms with Gasteiger partial charge in [0.2, 0.25) is 0 Å². The number of benzene rings is 1. The number of carbonyl (C=O) groups is 1. The van der Waals surface area contributed by atoms with Crippen LogP contribution in [0.25, 0.3) is 10.9 Å². The van der Waals surface area contributed by atoms with Crippen molar-refractivity contribution in [3.05, 3.63) is 29.7 Å². The molecule has 2 unspecified atom stereocenters. The van der Waals surface area contributed by atoms with Crippen LogP contribution in [0.5, 0.6) is 0 Å². The summed E-state index contributed by atoms with van der Waals surface area (Å²) in [5.41, 5.74) is 1.47. The summed E-state index contributed by atoms with van der Waals surface area (Å²) in [5.74, 6) is 0.473. The number of rotatable bonds is 1. The third kappa shape index (κ3) is 3.18. The van der Waals surface area contributed by atoms with Gasteiger partial charge in [-0.05, 0) is 45.4 Å². The zero-order valence-electron chi connectivity index (χ0n) is 15.3. The summed E-state index contributed by atoms with van der Waals surface area (Å²) in [6.45, 7) is 8.12. The number of ether oxygens (including phenoxy) is 1. The number of anilines is 1. The Kier molecular flexibility index (Phi) is 4.18. The highest BCUT2D eigenvalue weighted by molar-refractivity contribution is 6.34. The molecule has 26 heavy (non-hydrogen) atoms. The normalized spacial score (nSPS) is 22.8. The molecule has 2 saturated heterocycles. The van der Waals surface area contributed by atoms with Crippen LogP contribution in [-0.2, 0) is 4.74 Å². The second kappa shape index (κ2) is 6.27. The van der Waals surface area contributed by atoms with Crippen molar-refractivity contribution in [2.45, 2.75) is 38.8 Å². The van der Waals surface area contributed by atoms with Gasteiger partial charge in [0, 0.05) is 36.6 Å². The molecule has 2 fully saturated rings. The predicted octanol–water partition coefficient (Wildman–Crippen LogP) is 3.73. The summed E-state index contributed by atoms with van der Waals surface area (Å²) >= 11 is 6.23. The molecule has 2 atom stereocenters. The van der Waals surface area contributed by atoms with E-state index in [0.717, 1.165) is 36.1 Å². The molecule has 2 aliphatic heterocycles. The number of likely N-dealkylation sites (tertiary alicyclic amines) is 1. The summed E-state index contributed by atoms with van der Waals surface area (Å²) in [6, 6.07) is 6.41. The third-order valence-corrected chi connectivity index (χ3v) is 5.40. The number of aromatic nitrogens is 2. The van der Waals surface area contributed by atoms with Crippen molar-refractivity contribution in [3.63, 3.8) is 0 Å². The van der Waals surface area contributed by atoms with Gasteiger partial charge in [-0.25, -0.2) is 14.8 Å². The monoisotopic (exact) mass is 374 g/mol. The standard InChI is InChI=1S/C19H23ClN4O2/c1-19(2,3)26-18(25)23-9-12-6-7-24(16(12)10-23)13-4-5-15-14(8-13)17(20)22-11-21-15/h4-5,8,11-12,16H,6-7,9-10H2,1-3H3. The molecule has 2 aliphatic rings. The minimum Gasteiger partial charge on any atom is -0.444 e. The van der Waals surface area contributed by atoms with E-state index in [-0.39, 0.29) is 6.09 Å². The van der Waals surface area contributed by atoms with E-state index in [2.05, 4.69) is 27.0 Å². The highest BCUT2D eigenvalue weighted by Crippen LogP contribution is 2.37. The molecule has 1 aromatic carbocycles. The fourth-order valence-electron chi connectivity index (χ4n) is 3.95. The van der Waals surface area contributed by atoms with Crippen LogP contribution in [0.15, 0.2) is 24.5 Å². The third-order valence-electron chi connectivity index (χ3n) is 5.10. The van der Waals surface area contributed by atoms with Crippen LogP contribution in [0.3, 0.4) is 0 Å². The number of fused-ring (bicyclic) bond motifs is 2. The Morgan fingerprint density at radius 1 is 1.27 bits per heavy atom. The second-order valence-electron chi connectivity index (χ2n) is 8.06. The van der Waals surface area contributed by atoms with Crippen molar-refractivity contribution in [1.29, 1.82) is 0 Å². The molecule has 138 valence electrons. The van der Waals surface area contributed by atoms with Crippen molar-refractivity contribution >= 4 is 34.3 Å². The molecule has 0 radical (unpaired) electrons. The Labute approximate surface area is 158 Å². The molecule has 6 nitrogen and oxygen atoms in total. The maximum absolute atomic E-state index is 12.4. The summed E-state index contributed by atoms with van der Waals surface area (Å²) in [7, 11) is 0. The topological polar surface area (TPSA) is 58.6 Å². The SMILES string of the molecule is CC(C)(C)OC(=O)N1CC2CCN(c3ccc4ncnc(Cl)c4c3)C2C1. The summed E-state index contributed by atoms with van der Waals surface area (Å²) < 4.78 is 5.54. The van der Waals surface area contributed by atoms with E-state index in [1.54, 1.807) is 0 Å². The van der Waals surface area contributed by atoms with E-state index < -0.39 is 5.60 Å². The van der Waals surface area contributed by atoms with Gasteiger partial charge in [0.05, 0.1) is 11.6 Å². The molecule has 1 aromatic heterocycles. The van der Waals surface area contributed by atoms with Crippen molar-refractivity contribution in [2.75, 3.05) is 24.5 Å². The minimum atomic E-state index is -0.469.